The number of hydrogen-bond acceptors (Lipinski definition) is 4. The summed E-state index contributed by atoms with van der Waals surface area (Å²) in [6.45, 7) is 0. The molecule has 1 unspecified atom stereocenters. The summed E-state index contributed by atoms with van der Waals surface area (Å²) in [4.78, 5) is 14.3. The first-order valence-corrected chi connectivity index (χ1v) is 5.10. The van der Waals surface area contributed by atoms with Crippen LogP contribution in [0.25, 0.3) is 0 Å². The Labute approximate surface area is 86.0 Å². The Hall–Kier alpha value is -1.07. The molecule has 0 aliphatic carbocycles. The molecule has 2 N–H and O–H groups in total. The maximum absolute atomic E-state index is 10.2. The van der Waals surface area contributed by atoms with Gasteiger partial charge in [0, 0.05) is 11.9 Å². The van der Waals surface area contributed by atoms with Crippen molar-refractivity contribution in [2.75, 3.05) is 5.75 Å². The van der Waals surface area contributed by atoms with Gasteiger partial charge in [-0.1, -0.05) is 6.07 Å². The maximum atomic E-state index is 10.2. The van der Waals surface area contributed by atoms with Gasteiger partial charge in [0.1, 0.15) is 0 Å². The topological polar surface area (TPSA) is 70.4 Å². The predicted molar refractivity (Wildman–Crippen MR) is 53.2 cm³/mol. The first-order chi connectivity index (χ1) is 6.68. The van der Waals surface area contributed by atoms with Gasteiger partial charge in [-0.3, -0.25) is 4.79 Å². The fourth-order valence-electron chi connectivity index (χ4n) is 0.875. The SMILES string of the molecule is O=C(O)CC(O)CSc1ccccn1. The van der Waals surface area contributed by atoms with Crippen LogP contribution < -0.4 is 0 Å². The first-order valence-electron chi connectivity index (χ1n) is 4.12. The van der Waals surface area contributed by atoms with Gasteiger partial charge in [-0.25, -0.2) is 4.98 Å². The summed E-state index contributed by atoms with van der Waals surface area (Å²) in [5.41, 5.74) is 0. The molecular weight excluding hydrogens is 202 g/mol. The second-order valence-electron chi connectivity index (χ2n) is 2.73. The zero-order valence-corrected chi connectivity index (χ0v) is 8.28. The monoisotopic (exact) mass is 213 g/mol. The maximum Gasteiger partial charge on any atom is 0.306 e. The number of carbonyl (C=O) groups is 1. The van der Waals surface area contributed by atoms with Gasteiger partial charge < -0.3 is 10.2 Å². The number of nitrogens with zero attached hydrogens (tertiary/aromatic N) is 1. The number of pyridine rings is 1. The van der Waals surface area contributed by atoms with Crippen molar-refractivity contribution in [2.45, 2.75) is 17.6 Å². The van der Waals surface area contributed by atoms with Gasteiger partial charge in [-0.15, -0.1) is 11.8 Å². The van der Waals surface area contributed by atoms with Gasteiger partial charge in [-0.05, 0) is 12.1 Å². The molecule has 0 saturated carbocycles. The third-order valence-electron chi connectivity index (χ3n) is 1.47. The van der Waals surface area contributed by atoms with Crippen LogP contribution in [0.4, 0.5) is 0 Å². The van der Waals surface area contributed by atoms with E-state index in [-0.39, 0.29) is 6.42 Å². The van der Waals surface area contributed by atoms with Crippen molar-refractivity contribution in [3.8, 4) is 0 Å². The van der Waals surface area contributed by atoms with Gasteiger partial charge in [0.2, 0.25) is 0 Å². The highest BCUT2D eigenvalue weighted by molar-refractivity contribution is 7.99. The smallest absolute Gasteiger partial charge is 0.306 e. The lowest BCUT2D eigenvalue weighted by Crippen LogP contribution is -2.15. The second-order valence-corrected chi connectivity index (χ2v) is 3.77. The lowest BCUT2D eigenvalue weighted by Gasteiger charge is -2.06. The van der Waals surface area contributed by atoms with Gasteiger partial charge >= 0.3 is 5.97 Å². The van der Waals surface area contributed by atoms with Gasteiger partial charge in [0.05, 0.1) is 17.6 Å². The van der Waals surface area contributed by atoms with Crippen LogP contribution in [-0.4, -0.2) is 33.0 Å². The van der Waals surface area contributed by atoms with Crippen molar-refractivity contribution in [1.29, 1.82) is 0 Å². The fraction of sp³-hybridized carbons (Fsp3) is 0.333. The van der Waals surface area contributed by atoms with Crippen molar-refractivity contribution in [2.24, 2.45) is 0 Å². The van der Waals surface area contributed by atoms with E-state index in [1.165, 1.54) is 11.8 Å². The van der Waals surface area contributed by atoms with E-state index >= 15 is 0 Å². The summed E-state index contributed by atoms with van der Waals surface area (Å²) in [5, 5.41) is 18.4. The molecule has 76 valence electrons. The number of aromatic nitrogens is 1. The average Bonchev–Trinajstić information content (AvgIpc) is 2.15. The largest absolute Gasteiger partial charge is 0.481 e. The Balaban J connectivity index is 2.30. The molecule has 1 aromatic rings. The fourth-order valence-corrected chi connectivity index (χ4v) is 1.67. The van der Waals surface area contributed by atoms with Crippen molar-refractivity contribution >= 4 is 17.7 Å². The summed E-state index contributed by atoms with van der Waals surface area (Å²) < 4.78 is 0. The normalized spacial score (nSPS) is 12.4. The van der Waals surface area contributed by atoms with Gasteiger partial charge in [-0.2, -0.15) is 0 Å². The molecule has 0 amide bonds. The quantitative estimate of drug-likeness (QED) is 0.714. The molecule has 0 fully saturated rings. The van der Waals surface area contributed by atoms with Gasteiger partial charge in [0.25, 0.3) is 0 Å². The summed E-state index contributed by atoms with van der Waals surface area (Å²) in [7, 11) is 0. The Kier molecular flexibility index (Phi) is 4.42. The standard InChI is InChI=1S/C9H11NO3S/c11-7(5-9(12)13)6-14-8-3-1-2-4-10-8/h1-4,7,11H,5-6H2,(H,12,13). The minimum absolute atomic E-state index is 0.222. The molecule has 1 rings (SSSR count). The number of aliphatic hydroxyl groups excluding tert-OH is 1. The molecular formula is C9H11NO3S. The van der Waals surface area contributed by atoms with E-state index in [0.717, 1.165) is 5.03 Å². The third-order valence-corrected chi connectivity index (χ3v) is 2.56. The molecule has 0 aromatic carbocycles. The molecule has 0 bridgehead atoms. The summed E-state index contributed by atoms with van der Waals surface area (Å²) in [5.74, 6) is -0.636. The predicted octanol–water partition coefficient (Wildman–Crippen LogP) is 1.01. The zero-order chi connectivity index (χ0) is 10.4. The molecule has 5 heteroatoms. The average molecular weight is 213 g/mol. The zero-order valence-electron chi connectivity index (χ0n) is 7.46. The number of hydrogen-bond donors (Lipinski definition) is 2. The van der Waals surface area contributed by atoms with E-state index in [4.69, 9.17) is 5.11 Å². The number of aliphatic hydroxyl groups is 1. The Morgan fingerprint density at radius 1 is 1.57 bits per heavy atom. The van der Waals surface area contributed by atoms with E-state index < -0.39 is 12.1 Å². The number of rotatable bonds is 5. The highest BCUT2D eigenvalue weighted by Crippen LogP contribution is 2.15. The number of carboxylic acid groups (broad SMARTS) is 1. The Morgan fingerprint density at radius 2 is 2.36 bits per heavy atom. The minimum atomic E-state index is -0.987. The minimum Gasteiger partial charge on any atom is -0.481 e. The summed E-state index contributed by atoms with van der Waals surface area (Å²) >= 11 is 1.35. The van der Waals surface area contributed by atoms with Crippen molar-refractivity contribution in [3.63, 3.8) is 0 Å². The van der Waals surface area contributed by atoms with Crippen LogP contribution in [0.1, 0.15) is 6.42 Å². The van der Waals surface area contributed by atoms with E-state index in [2.05, 4.69) is 4.98 Å². The van der Waals surface area contributed by atoms with Crippen LogP contribution in [0.15, 0.2) is 29.4 Å². The molecule has 0 aliphatic rings. The molecule has 4 nitrogen and oxygen atoms in total. The van der Waals surface area contributed by atoms with Gasteiger partial charge in [0.15, 0.2) is 0 Å². The van der Waals surface area contributed by atoms with Crippen LogP contribution in [0, 0.1) is 0 Å². The number of aliphatic carboxylic acids is 1. The van der Waals surface area contributed by atoms with Crippen molar-refractivity contribution in [1.82, 2.24) is 4.98 Å². The molecule has 1 aromatic heterocycles. The highest BCUT2D eigenvalue weighted by Gasteiger charge is 2.09. The number of carboxylic acids is 1. The lowest BCUT2D eigenvalue weighted by atomic mass is 10.3. The molecule has 0 saturated heterocycles. The Bertz CT molecular complexity index is 291. The number of thioether (sulfide) groups is 1. The Morgan fingerprint density at radius 3 is 2.93 bits per heavy atom. The van der Waals surface area contributed by atoms with E-state index in [0.29, 0.717) is 5.75 Å². The molecule has 1 heterocycles. The van der Waals surface area contributed by atoms with Crippen LogP contribution >= 0.6 is 11.8 Å². The van der Waals surface area contributed by atoms with E-state index in [1.807, 2.05) is 12.1 Å². The van der Waals surface area contributed by atoms with Crippen LogP contribution in [-0.2, 0) is 4.79 Å². The second kappa shape index (κ2) is 5.62. The third kappa shape index (κ3) is 4.25. The summed E-state index contributed by atoms with van der Waals surface area (Å²) in [6, 6.07) is 5.47. The molecule has 1 atom stereocenters. The summed E-state index contributed by atoms with van der Waals surface area (Å²) in [6.07, 6.45) is 0.616. The van der Waals surface area contributed by atoms with Crippen LogP contribution in [0.2, 0.25) is 0 Å². The molecule has 0 radical (unpaired) electrons. The molecule has 0 aliphatic heterocycles. The molecule has 0 spiro atoms. The van der Waals surface area contributed by atoms with E-state index in [1.54, 1.807) is 12.3 Å². The van der Waals surface area contributed by atoms with Crippen molar-refractivity contribution < 1.29 is 15.0 Å². The highest BCUT2D eigenvalue weighted by atomic mass is 32.2. The lowest BCUT2D eigenvalue weighted by molar-refractivity contribution is -0.138. The van der Waals surface area contributed by atoms with Crippen LogP contribution in [0.3, 0.4) is 0 Å². The van der Waals surface area contributed by atoms with Crippen LogP contribution in [0.5, 0.6) is 0 Å². The van der Waals surface area contributed by atoms with Crippen molar-refractivity contribution in [3.05, 3.63) is 24.4 Å². The molecule has 14 heavy (non-hydrogen) atoms. The first kappa shape index (κ1) is 11.0. The van der Waals surface area contributed by atoms with E-state index in [9.17, 15) is 9.90 Å².